The molecule has 0 atom stereocenters. The van der Waals surface area contributed by atoms with Crippen molar-refractivity contribution in [2.75, 3.05) is 38.3 Å². The summed E-state index contributed by atoms with van der Waals surface area (Å²) in [7, 11) is 1.61. The number of hydrogen-bond donors (Lipinski definition) is 2. The van der Waals surface area contributed by atoms with Crippen LogP contribution in [0.4, 0.5) is 5.13 Å². The van der Waals surface area contributed by atoms with Gasteiger partial charge >= 0.3 is 0 Å². The highest BCUT2D eigenvalue weighted by atomic mass is 32.1. The Balaban J connectivity index is 1.43. The van der Waals surface area contributed by atoms with E-state index in [9.17, 15) is 9.59 Å². The highest BCUT2D eigenvalue weighted by Gasteiger charge is 2.20. The zero-order chi connectivity index (χ0) is 22.7. The SMILES string of the molecule is COc1cccc(-n2c(C)cc(C(=O)NNC(=O)c3csc(N4CCOCC4)n3)c2C)c1. The van der Waals surface area contributed by atoms with Crippen molar-refractivity contribution in [1.82, 2.24) is 20.4 Å². The van der Waals surface area contributed by atoms with Crippen LogP contribution >= 0.6 is 11.3 Å². The van der Waals surface area contributed by atoms with Crippen LogP contribution < -0.4 is 20.5 Å². The third-order valence-corrected chi connectivity index (χ3v) is 6.18. The molecule has 2 N–H and O–H groups in total. The number of methoxy groups -OCH3 is 1. The first-order valence-corrected chi connectivity index (χ1v) is 11.1. The summed E-state index contributed by atoms with van der Waals surface area (Å²) in [4.78, 5) is 31.7. The first-order valence-electron chi connectivity index (χ1n) is 10.2. The number of nitrogens with one attached hydrogen (secondary N) is 2. The van der Waals surface area contributed by atoms with E-state index in [0.29, 0.717) is 18.8 Å². The lowest BCUT2D eigenvalue weighted by molar-refractivity contribution is 0.0844. The molecule has 0 radical (unpaired) electrons. The van der Waals surface area contributed by atoms with E-state index >= 15 is 0 Å². The number of anilines is 1. The smallest absolute Gasteiger partial charge is 0.289 e. The Morgan fingerprint density at radius 3 is 2.62 bits per heavy atom. The molecule has 1 fully saturated rings. The van der Waals surface area contributed by atoms with Crippen LogP contribution in [0.5, 0.6) is 5.75 Å². The van der Waals surface area contributed by atoms with E-state index in [2.05, 4.69) is 20.7 Å². The van der Waals surface area contributed by atoms with Gasteiger partial charge in [-0.25, -0.2) is 4.98 Å². The van der Waals surface area contributed by atoms with Crippen LogP contribution in [0.1, 0.15) is 32.2 Å². The van der Waals surface area contributed by atoms with Crippen LogP contribution in [0.25, 0.3) is 5.69 Å². The van der Waals surface area contributed by atoms with E-state index in [1.54, 1.807) is 18.6 Å². The first kappa shape index (κ1) is 21.8. The van der Waals surface area contributed by atoms with E-state index in [-0.39, 0.29) is 5.69 Å². The molecular formula is C22H25N5O4S. The second-order valence-corrected chi connectivity index (χ2v) is 8.18. The fraction of sp³-hybridized carbons (Fsp3) is 0.318. The number of rotatable bonds is 5. The lowest BCUT2D eigenvalue weighted by atomic mass is 10.2. The second-order valence-electron chi connectivity index (χ2n) is 7.34. The number of carbonyl (C=O) groups is 2. The molecule has 1 aromatic carbocycles. The van der Waals surface area contributed by atoms with Crippen LogP contribution in [0.3, 0.4) is 0 Å². The van der Waals surface area contributed by atoms with E-state index < -0.39 is 11.8 Å². The van der Waals surface area contributed by atoms with Gasteiger partial charge in [-0.15, -0.1) is 11.3 Å². The average molecular weight is 456 g/mol. The number of benzene rings is 1. The first-order chi connectivity index (χ1) is 15.5. The molecule has 1 aliphatic heterocycles. The molecule has 0 aliphatic carbocycles. The molecule has 0 saturated carbocycles. The predicted molar refractivity (Wildman–Crippen MR) is 122 cm³/mol. The van der Waals surface area contributed by atoms with Gasteiger partial charge in [0.05, 0.1) is 25.9 Å². The molecule has 3 aromatic rings. The molecular weight excluding hydrogens is 430 g/mol. The molecule has 0 bridgehead atoms. The Kier molecular flexibility index (Phi) is 6.42. The van der Waals surface area contributed by atoms with E-state index in [1.165, 1.54) is 11.3 Å². The normalized spacial score (nSPS) is 13.7. The summed E-state index contributed by atoms with van der Waals surface area (Å²) in [6.45, 7) is 6.56. The maximum atomic E-state index is 12.8. The van der Waals surface area contributed by atoms with E-state index in [1.807, 2.05) is 42.7 Å². The molecule has 1 saturated heterocycles. The summed E-state index contributed by atoms with van der Waals surface area (Å²) in [6, 6.07) is 9.39. The Hall–Kier alpha value is -3.37. The standard InChI is InChI=1S/C22H25N5O4S/c1-14-11-18(15(2)27(14)16-5-4-6-17(12-16)30-3)20(28)24-25-21(29)19-13-32-22(23-19)26-7-9-31-10-8-26/h4-6,11-13H,7-10H2,1-3H3,(H,24,28)(H,25,29). The maximum absolute atomic E-state index is 12.8. The van der Waals surface area contributed by atoms with Crippen LogP contribution in [0, 0.1) is 13.8 Å². The number of thiazole rings is 1. The molecule has 2 aromatic heterocycles. The van der Waals surface area contributed by atoms with Gasteiger partial charge in [0, 0.05) is 41.6 Å². The number of amides is 2. The minimum Gasteiger partial charge on any atom is -0.497 e. The quantitative estimate of drug-likeness (QED) is 0.574. The van der Waals surface area contributed by atoms with Crippen molar-refractivity contribution in [3.05, 3.63) is 58.4 Å². The number of hydrazine groups is 1. The van der Waals surface area contributed by atoms with Crippen LogP contribution in [-0.4, -0.2) is 54.8 Å². The monoisotopic (exact) mass is 455 g/mol. The summed E-state index contributed by atoms with van der Waals surface area (Å²) < 4.78 is 12.6. The topological polar surface area (TPSA) is 97.7 Å². The molecule has 4 rings (SSSR count). The zero-order valence-electron chi connectivity index (χ0n) is 18.2. The summed E-state index contributed by atoms with van der Waals surface area (Å²) in [5.41, 5.74) is 8.22. The van der Waals surface area contributed by atoms with Crippen molar-refractivity contribution in [3.63, 3.8) is 0 Å². The lowest BCUT2D eigenvalue weighted by Crippen LogP contribution is -2.42. The highest BCUT2D eigenvalue weighted by Crippen LogP contribution is 2.24. The third kappa shape index (κ3) is 4.46. The van der Waals surface area contributed by atoms with Gasteiger partial charge in [-0.3, -0.25) is 20.4 Å². The third-order valence-electron chi connectivity index (χ3n) is 5.28. The van der Waals surface area contributed by atoms with Gasteiger partial charge in [-0.2, -0.15) is 0 Å². The summed E-state index contributed by atoms with van der Waals surface area (Å²) in [5, 5.41) is 2.45. The molecule has 3 heterocycles. The number of aryl methyl sites for hydroxylation is 1. The minimum absolute atomic E-state index is 0.263. The fourth-order valence-corrected chi connectivity index (χ4v) is 4.51. The van der Waals surface area contributed by atoms with Gasteiger partial charge in [-0.05, 0) is 32.0 Å². The Bertz CT molecular complexity index is 1130. The number of aromatic nitrogens is 2. The predicted octanol–water partition coefficient (Wildman–Crippen LogP) is 2.47. The number of ether oxygens (including phenoxy) is 2. The molecule has 9 nitrogen and oxygen atoms in total. The van der Waals surface area contributed by atoms with E-state index in [0.717, 1.165) is 41.0 Å². The fourth-order valence-electron chi connectivity index (χ4n) is 3.65. The van der Waals surface area contributed by atoms with Crippen molar-refractivity contribution < 1.29 is 19.1 Å². The lowest BCUT2D eigenvalue weighted by Gasteiger charge is -2.25. The minimum atomic E-state index is -0.462. The molecule has 0 spiro atoms. The van der Waals surface area contributed by atoms with Crippen molar-refractivity contribution in [1.29, 1.82) is 0 Å². The van der Waals surface area contributed by atoms with Crippen LogP contribution in [-0.2, 0) is 4.74 Å². The van der Waals surface area contributed by atoms with Gasteiger partial charge in [0.15, 0.2) is 5.13 Å². The van der Waals surface area contributed by atoms with Gasteiger partial charge in [0.25, 0.3) is 11.8 Å². The largest absolute Gasteiger partial charge is 0.497 e. The molecule has 32 heavy (non-hydrogen) atoms. The van der Waals surface area contributed by atoms with Crippen molar-refractivity contribution in [2.45, 2.75) is 13.8 Å². The zero-order valence-corrected chi connectivity index (χ0v) is 19.0. The van der Waals surface area contributed by atoms with Gasteiger partial charge < -0.3 is 18.9 Å². The van der Waals surface area contributed by atoms with E-state index in [4.69, 9.17) is 9.47 Å². The molecule has 0 unspecified atom stereocenters. The summed E-state index contributed by atoms with van der Waals surface area (Å²) >= 11 is 1.40. The number of morpholine rings is 1. The summed E-state index contributed by atoms with van der Waals surface area (Å²) in [5.74, 6) is -0.132. The van der Waals surface area contributed by atoms with Crippen molar-refractivity contribution in [2.24, 2.45) is 0 Å². The molecule has 10 heteroatoms. The molecule has 2 amide bonds. The summed E-state index contributed by atoms with van der Waals surface area (Å²) in [6.07, 6.45) is 0. The highest BCUT2D eigenvalue weighted by molar-refractivity contribution is 7.13. The Labute approximate surface area is 189 Å². The molecule has 1 aliphatic rings. The van der Waals surface area contributed by atoms with Crippen LogP contribution in [0.2, 0.25) is 0 Å². The van der Waals surface area contributed by atoms with Crippen molar-refractivity contribution >= 4 is 28.3 Å². The van der Waals surface area contributed by atoms with Gasteiger partial charge in [0.2, 0.25) is 0 Å². The number of hydrogen-bond acceptors (Lipinski definition) is 7. The number of nitrogens with zero attached hydrogens (tertiary/aromatic N) is 3. The van der Waals surface area contributed by atoms with Crippen LogP contribution in [0.15, 0.2) is 35.7 Å². The number of carbonyl (C=O) groups excluding carboxylic acids is 2. The van der Waals surface area contributed by atoms with Gasteiger partial charge in [0.1, 0.15) is 11.4 Å². The second kappa shape index (κ2) is 9.41. The average Bonchev–Trinajstić information content (AvgIpc) is 3.43. The van der Waals surface area contributed by atoms with Gasteiger partial charge in [-0.1, -0.05) is 6.07 Å². The van der Waals surface area contributed by atoms with Crippen molar-refractivity contribution in [3.8, 4) is 11.4 Å². The molecule has 168 valence electrons. The Morgan fingerprint density at radius 2 is 1.88 bits per heavy atom. The maximum Gasteiger partial charge on any atom is 0.289 e. The Morgan fingerprint density at radius 1 is 1.12 bits per heavy atom.